The molecule has 0 radical (unpaired) electrons. The maximum absolute atomic E-state index is 5.70. The molecule has 5 nitrogen and oxygen atoms in total. The Kier molecular flexibility index (Phi) is 4.42. The molecule has 0 spiro atoms. The Morgan fingerprint density at radius 3 is 2.69 bits per heavy atom. The van der Waals surface area contributed by atoms with Gasteiger partial charge >= 0.3 is 0 Å². The molecule has 0 saturated carbocycles. The van der Waals surface area contributed by atoms with Gasteiger partial charge in [-0.15, -0.1) is 0 Å². The van der Waals surface area contributed by atoms with Crippen molar-refractivity contribution in [1.29, 1.82) is 0 Å². The monoisotopic (exact) mass is 363 g/mol. The predicted molar refractivity (Wildman–Crippen MR) is 105 cm³/mol. The van der Waals surface area contributed by atoms with Crippen LogP contribution in [0.15, 0.2) is 55.0 Å². The lowest BCUT2D eigenvalue weighted by molar-refractivity contribution is 0.310. The van der Waals surface area contributed by atoms with Crippen molar-refractivity contribution in [3.63, 3.8) is 0 Å². The van der Waals surface area contributed by atoms with Gasteiger partial charge in [-0.3, -0.25) is 9.97 Å². The predicted octanol–water partition coefficient (Wildman–Crippen LogP) is 3.59. The Balaban J connectivity index is 1.76. The van der Waals surface area contributed by atoms with Gasteiger partial charge in [0.15, 0.2) is 5.11 Å². The normalized spacial score (nSPS) is 19.6. The van der Waals surface area contributed by atoms with Crippen LogP contribution in [0, 0.1) is 13.8 Å². The SMILES string of the molecule is Cc1cc([C@@H]2[C@@H](c3ccccn3)NC(=S)N2Cc2cccnc2)c(C)[nH]1. The van der Waals surface area contributed by atoms with E-state index in [9.17, 15) is 0 Å². The van der Waals surface area contributed by atoms with Gasteiger partial charge in [0.1, 0.15) is 0 Å². The molecule has 3 aromatic heterocycles. The van der Waals surface area contributed by atoms with Crippen LogP contribution in [0.3, 0.4) is 0 Å². The molecule has 0 aromatic carbocycles. The highest BCUT2D eigenvalue weighted by molar-refractivity contribution is 7.80. The Hall–Kier alpha value is -2.73. The first-order valence-corrected chi connectivity index (χ1v) is 9.07. The van der Waals surface area contributed by atoms with Crippen LogP contribution < -0.4 is 5.32 Å². The highest BCUT2D eigenvalue weighted by Crippen LogP contribution is 2.40. The van der Waals surface area contributed by atoms with E-state index in [2.05, 4.69) is 57.2 Å². The average Bonchev–Trinajstić information content (AvgIpc) is 3.15. The van der Waals surface area contributed by atoms with Gasteiger partial charge in [-0.2, -0.15) is 0 Å². The number of pyridine rings is 2. The highest BCUT2D eigenvalue weighted by Gasteiger charge is 2.40. The van der Waals surface area contributed by atoms with Crippen molar-refractivity contribution in [2.24, 2.45) is 0 Å². The van der Waals surface area contributed by atoms with Crippen LogP contribution in [0.5, 0.6) is 0 Å². The van der Waals surface area contributed by atoms with Gasteiger partial charge in [-0.25, -0.2) is 0 Å². The Morgan fingerprint density at radius 2 is 2.04 bits per heavy atom. The van der Waals surface area contributed by atoms with Crippen molar-refractivity contribution in [3.8, 4) is 0 Å². The van der Waals surface area contributed by atoms with Gasteiger partial charge in [0.25, 0.3) is 0 Å². The lowest BCUT2D eigenvalue weighted by Crippen LogP contribution is -2.29. The number of aromatic amines is 1. The largest absolute Gasteiger partial charge is 0.362 e. The van der Waals surface area contributed by atoms with Gasteiger partial charge in [-0.1, -0.05) is 12.1 Å². The number of aromatic nitrogens is 3. The minimum Gasteiger partial charge on any atom is -0.362 e. The molecule has 2 N–H and O–H groups in total. The lowest BCUT2D eigenvalue weighted by Gasteiger charge is -2.28. The fourth-order valence-corrected chi connectivity index (χ4v) is 3.96. The van der Waals surface area contributed by atoms with Gasteiger partial charge in [-0.05, 0) is 61.5 Å². The van der Waals surface area contributed by atoms with E-state index >= 15 is 0 Å². The molecule has 0 aliphatic carbocycles. The van der Waals surface area contributed by atoms with Crippen LogP contribution in [0.2, 0.25) is 0 Å². The standard InChI is InChI=1S/C20H21N5S/c1-13-10-16(14(2)23-13)19-18(17-7-3-4-9-22-17)24-20(26)25(19)12-15-6-5-8-21-11-15/h3-11,18-19,23H,12H2,1-2H3,(H,24,26)/t18-,19-/m1/s1. The maximum Gasteiger partial charge on any atom is 0.170 e. The van der Waals surface area contributed by atoms with Crippen molar-refractivity contribution in [2.75, 3.05) is 0 Å². The number of hydrogen-bond acceptors (Lipinski definition) is 3. The zero-order valence-corrected chi connectivity index (χ0v) is 15.6. The second kappa shape index (κ2) is 6.88. The Labute approximate surface area is 158 Å². The van der Waals surface area contributed by atoms with Crippen molar-refractivity contribution in [1.82, 2.24) is 25.2 Å². The molecule has 6 heteroatoms. The number of H-pyrrole nitrogens is 1. The summed E-state index contributed by atoms with van der Waals surface area (Å²) in [5.41, 5.74) is 5.68. The minimum atomic E-state index is 0.00858. The van der Waals surface area contributed by atoms with E-state index in [-0.39, 0.29) is 12.1 Å². The minimum absolute atomic E-state index is 0.00858. The third kappa shape index (κ3) is 3.08. The molecule has 0 amide bonds. The van der Waals surface area contributed by atoms with Crippen LogP contribution in [-0.2, 0) is 6.54 Å². The van der Waals surface area contributed by atoms with E-state index in [0.29, 0.717) is 6.54 Å². The summed E-state index contributed by atoms with van der Waals surface area (Å²) in [5.74, 6) is 0. The quantitative estimate of drug-likeness (QED) is 0.694. The molecule has 1 aliphatic heterocycles. The average molecular weight is 363 g/mol. The molecule has 1 fully saturated rings. The number of thiocarbonyl (C=S) groups is 1. The molecule has 1 saturated heterocycles. The molecule has 3 aromatic rings. The zero-order chi connectivity index (χ0) is 18.1. The summed E-state index contributed by atoms with van der Waals surface area (Å²) in [5, 5.41) is 4.23. The molecule has 4 rings (SSSR count). The summed E-state index contributed by atoms with van der Waals surface area (Å²) in [6, 6.07) is 12.3. The van der Waals surface area contributed by atoms with Crippen LogP contribution >= 0.6 is 12.2 Å². The van der Waals surface area contributed by atoms with Gasteiger partial charge in [0, 0.05) is 36.5 Å². The lowest BCUT2D eigenvalue weighted by atomic mass is 9.96. The van der Waals surface area contributed by atoms with E-state index in [4.69, 9.17) is 12.2 Å². The van der Waals surface area contributed by atoms with Gasteiger partial charge in [0.05, 0.1) is 17.8 Å². The van der Waals surface area contributed by atoms with Crippen molar-refractivity contribution >= 4 is 17.3 Å². The van der Waals surface area contributed by atoms with Gasteiger partial charge in [0.2, 0.25) is 0 Å². The highest BCUT2D eigenvalue weighted by atomic mass is 32.1. The van der Waals surface area contributed by atoms with Crippen LogP contribution in [0.25, 0.3) is 0 Å². The number of nitrogens with zero attached hydrogens (tertiary/aromatic N) is 3. The van der Waals surface area contributed by atoms with Crippen LogP contribution in [0.1, 0.15) is 40.3 Å². The Bertz CT molecular complexity index is 906. The van der Waals surface area contributed by atoms with Crippen molar-refractivity contribution in [2.45, 2.75) is 32.5 Å². The number of aryl methyl sites for hydroxylation is 2. The summed E-state index contributed by atoms with van der Waals surface area (Å²) in [7, 11) is 0. The number of nitrogens with one attached hydrogen (secondary N) is 2. The second-order valence-corrected chi connectivity index (χ2v) is 7.04. The van der Waals surface area contributed by atoms with Crippen LogP contribution in [-0.4, -0.2) is 25.0 Å². The summed E-state index contributed by atoms with van der Waals surface area (Å²) < 4.78 is 0. The van der Waals surface area contributed by atoms with E-state index in [1.807, 2.05) is 30.6 Å². The first-order valence-electron chi connectivity index (χ1n) is 8.66. The summed E-state index contributed by atoms with van der Waals surface area (Å²) in [6.45, 7) is 4.90. The first kappa shape index (κ1) is 16.7. The molecular formula is C20H21N5S. The summed E-state index contributed by atoms with van der Waals surface area (Å²) >= 11 is 5.70. The van der Waals surface area contributed by atoms with E-state index in [1.165, 1.54) is 5.56 Å². The van der Waals surface area contributed by atoms with Crippen molar-refractivity contribution in [3.05, 3.63) is 83.2 Å². The maximum atomic E-state index is 5.70. The van der Waals surface area contributed by atoms with Crippen LogP contribution in [0.4, 0.5) is 0 Å². The first-order chi connectivity index (χ1) is 12.6. The summed E-state index contributed by atoms with van der Waals surface area (Å²) in [4.78, 5) is 14.5. The third-order valence-corrected chi connectivity index (χ3v) is 5.13. The topological polar surface area (TPSA) is 56.8 Å². The Morgan fingerprint density at radius 1 is 1.15 bits per heavy atom. The molecular weight excluding hydrogens is 342 g/mol. The molecule has 4 heterocycles. The van der Waals surface area contributed by atoms with E-state index < -0.39 is 0 Å². The number of hydrogen-bond donors (Lipinski definition) is 2. The van der Waals surface area contributed by atoms with Gasteiger partial charge < -0.3 is 15.2 Å². The smallest absolute Gasteiger partial charge is 0.170 e. The van der Waals surface area contributed by atoms with E-state index in [1.54, 1.807) is 6.20 Å². The third-order valence-electron chi connectivity index (χ3n) is 4.78. The second-order valence-electron chi connectivity index (χ2n) is 6.65. The molecule has 2 atom stereocenters. The molecule has 0 unspecified atom stereocenters. The zero-order valence-electron chi connectivity index (χ0n) is 14.8. The summed E-state index contributed by atoms with van der Waals surface area (Å²) in [6.07, 6.45) is 5.51. The molecule has 26 heavy (non-hydrogen) atoms. The van der Waals surface area contributed by atoms with E-state index in [0.717, 1.165) is 27.8 Å². The number of rotatable bonds is 4. The molecule has 0 bridgehead atoms. The molecule has 1 aliphatic rings. The fraction of sp³-hybridized carbons (Fsp3) is 0.250. The molecule has 132 valence electrons. The van der Waals surface area contributed by atoms with Crippen molar-refractivity contribution < 1.29 is 0 Å². The fourth-order valence-electron chi connectivity index (χ4n) is 3.66.